The minimum Gasteiger partial charge on any atom is -0.472 e. The van der Waals surface area contributed by atoms with Gasteiger partial charge in [-0.25, -0.2) is 4.79 Å². The monoisotopic (exact) mass is 233 g/mol. The maximum atomic E-state index is 11.1. The molecule has 1 amide bonds. The molecule has 0 fully saturated rings. The predicted octanol–water partition coefficient (Wildman–Crippen LogP) is -1.61. The fraction of sp³-hybridized carbons (Fsp3) is 0. The van der Waals surface area contributed by atoms with E-state index in [1.165, 1.54) is 24.3 Å². The molecule has 0 spiro atoms. The minimum absolute atomic E-state index is 0.203. The lowest BCUT2D eigenvalue weighted by Gasteiger charge is -2.03. The van der Waals surface area contributed by atoms with Crippen molar-refractivity contribution in [1.29, 1.82) is 0 Å². The van der Waals surface area contributed by atoms with E-state index in [-0.39, 0.29) is 5.46 Å². The number of carboxylic acids is 1. The Labute approximate surface area is 97.0 Å². The second-order valence-corrected chi connectivity index (χ2v) is 3.01. The molecule has 1 rings (SSSR count). The van der Waals surface area contributed by atoms with Crippen molar-refractivity contribution in [1.82, 2.24) is 0 Å². The van der Waals surface area contributed by atoms with Crippen LogP contribution in [-0.4, -0.2) is 34.1 Å². The molecule has 0 saturated carbocycles. The van der Waals surface area contributed by atoms with Gasteiger partial charge in [-0.3, -0.25) is 4.79 Å². The molecule has 0 unspecified atom stereocenters. The Bertz CT molecular complexity index is 503. The molecule has 6 nitrogen and oxygen atoms in total. The third-order valence-electron chi connectivity index (χ3n) is 1.73. The van der Waals surface area contributed by atoms with Crippen LogP contribution in [0.4, 0.5) is 5.69 Å². The van der Waals surface area contributed by atoms with Crippen LogP contribution in [0.3, 0.4) is 0 Å². The van der Waals surface area contributed by atoms with E-state index >= 15 is 0 Å². The summed E-state index contributed by atoms with van der Waals surface area (Å²) in [5, 5.41) is 28.3. The average molecular weight is 233 g/mol. The number of carbonyl (C=O) groups is 2. The number of rotatable bonds is 2. The molecule has 1 aromatic carbocycles. The molecule has 17 heavy (non-hydrogen) atoms. The smallest absolute Gasteiger partial charge is 0.472 e. The molecule has 4 N–H and O–H groups in total. The maximum Gasteiger partial charge on any atom is 0.488 e. The van der Waals surface area contributed by atoms with Gasteiger partial charge in [0.15, 0.2) is 0 Å². The first kappa shape index (κ1) is 12.8. The van der Waals surface area contributed by atoms with E-state index < -0.39 is 19.0 Å². The van der Waals surface area contributed by atoms with Crippen molar-refractivity contribution in [2.45, 2.75) is 0 Å². The standard InChI is InChI=1S/C10H8BNO5/c13-9(4-5-10(14)15)12-8-3-1-2-7(6-8)11(16)17/h1-3,6,16-17H,(H,12,13)(H,14,15). The summed E-state index contributed by atoms with van der Waals surface area (Å²) in [5.74, 6) is 1.32. The van der Waals surface area contributed by atoms with Crippen LogP contribution in [-0.2, 0) is 9.59 Å². The average Bonchev–Trinajstić information content (AvgIpc) is 2.26. The Kier molecular flexibility index (Phi) is 4.28. The fourth-order valence-electron chi connectivity index (χ4n) is 1.05. The van der Waals surface area contributed by atoms with Gasteiger partial charge in [0.1, 0.15) is 0 Å². The van der Waals surface area contributed by atoms with E-state index in [1.54, 1.807) is 5.92 Å². The summed E-state index contributed by atoms with van der Waals surface area (Å²) in [6.45, 7) is 0. The zero-order chi connectivity index (χ0) is 12.8. The van der Waals surface area contributed by atoms with Crippen molar-refractivity contribution >= 4 is 30.1 Å². The Morgan fingerprint density at radius 2 is 1.94 bits per heavy atom. The van der Waals surface area contributed by atoms with Crippen LogP contribution < -0.4 is 10.8 Å². The lowest BCUT2D eigenvalue weighted by atomic mass is 9.80. The number of aliphatic carboxylic acids is 1. The van der Waals surface area contributed by atoms with E-state index in [4.69, 9.17) is 15.2 Å². The Morgan fingerprint density at radius 3 is 2.53 bits per heavy atom. The summed E-state index contributed by atoms with van der Waals surface area (Å²) in [7, 11) is -1.64. The highest BCUT2D eigenvalue weighted by Gasteiger charge is 2.11. The van der Waals surface area contributed by atoms with E-state index in [2.05, 4.69) is 5.32 Å². The number of amides is 1. The fourth-order valence-corrected chi connectivity index (χ4v) is 1.05. The molecule has 0 aliphatic rings. The van der Waals surface area contributed by atoms with E-state index in [0.29, 0.717) is 5.69 Å². The second-order valence-electron chi connectivity index (χ2n) is 3.01. The van der Waals surface area contributed by atoms with Crippen LogP contribution in [0.25, 0.3) is 0 Å². The lowest BCUT2D eigenvalue weighted by Crippen LogP contribution is -2.29. The number of anilines is 1. The molecule has 0 radical (unpaired) electrons. The normalized spacial score (nSPS) is 8.82. The molecule has 0 heterocycles. The molecular formula is C10H8BNO5. The van der Waals surface area contributed by atoms with Gasteiger partial charge in [0.05, 0.1) is 0 Å². The molecule has 0 aliphatic heterocycles. The van der Waals surface area contributed by atoms with E-state index in [0.717, 1.165) is 0 Å². The summed E-state index contributed by atoms with van der Waals surface area (Å²) in [6, 6.07) is 5.81. The van der Waals surface area contributed by atoms with Gasteiger partial charge < -0.3 is 20.5 Å². The van der Waals surface area contributed by atoms with Crippen molar-refractivity contribution in [3.05, 3.63) is 24.3 Å². The van der Waals surface area contributed by atoms with Crippen molar-refractivity contribution in [2.75, 3.05) is 5.32 Å². The Morgan fingerprint density at radius 1 is 1.24 bits per heavy atom. The van der Waals surface area contributed by atoms with Gasteiger partial charge in [-0.1, -0.05) is 12.1 Å². The minimum atomic E-state index is -1.64. The van der Waals surface area contributed by atoms with Gasteiger partial charge in [0.25, 0.3) is 0 Å². The van der Waals surface area contributed by atoms with Crippen LogP contribution in [0.1, 0.15) is 0 Å². The maximum absolute atomic E-state index is 11.1. The number of hydrogen-bond donors (Lipinski definition) is 4. The van der Waals surface area contributed by atoms with Crippen molar-refractivity contribution < 1.29 is 24.7 Å². The van der Waals surface area contributed by atoms with E-state index in [9.17, 15) is 9.59 Å². The zero-order valence-electron chi connectivity index (χ0n) is 8.54. The lowest BCUT2D eigenvalue weighted by molar-refractivity contribution is -0.130. The quantitative estimate of drug-likeness (QED) is 0.363. The number of carbonyl (C=O) groups excluding carboxylic acids is 1. The number of benzene rings is 1. The molecule has 7 heteroatoms. The summed E-state index contributed by atoms with van der Waals surface area (Å²) in [4.78, 5) is 21.2. The number of carboxylic acid groups (broad SMARTS) is 1. The molecule has 0 bridgehead atoms. The van der Waals surface area contributed by atoms with Crippen LogP contribution in [0.15, 0.2) is 24.3 Å². The molecule has 1 aromatic rings. The zero-order valence-corrected chi connectivity index (χ0v) is 8.54. The van der Waals surface area contributed by atoms with Crippen molar-refractivity contribution in [2.24, 2.45) is 0 Å². The number of nitrogens with one attached hydrogen (secondary N) is 1. The van der Waals surface area contributed by atoms with Crippen LogP contribution in [0.5, 0.6) is 0 Å². The van der Waals surface area contributed by atoms with Gasteiger partial charge >= 0.3 is 19.0 Å². The van der Waals surface area contributed by atoms with E-state index in [1.807, 2.05) is 5.92 Å². The number of hydrogen-bond acceptors (Lipinski definition) is 4. The first-order valence-electron chi connectivity index (χ1n) is 4.51. The van der Waals surface area contributed by atoms with Crippen LogP contribution >= 0.6 is 0 Å². The Balaban J connectivity index is 2.76. The summed E-state index contributed by atoms with van der Waals surface area (Å²) in [5.41, 5.74) is 0.495. The SMILES string of the molecule is O=C(O)C#CC(=O)Nc1cccc(B(O)O)c1. The highest BCUT2D eigenvalue weighted by molar-refractivity contribution is 6.58. The third kappa shape index (κ3) is 4.38. The first-order valence-corrected chi connectivity index (χ1v) is 4.51. The van der Waals surface area contributed by atoms with Gasteiger partial charge in [-0.05, 0) is 17.6 Å². The molecule has 86 valence electrons. The van der Waals surface area contributed by atoms with Gasteiger partial charge in [-0.15, -0.1) is 0 Å². The van der Waals surface area contributed by atoms with Gasteiger partial charge in [-0.2, -0.15) is 0 Å². The summed E-state index contributed by atoms with van der Waals surface area (Å²) < 4.78 is 0. The highest BCUT2D eigenvalue weighted by Crippen LogP contribution is 2.03. The predicted molar refractivity (Wildman–Crippen MR) is 60.3 cm³/mol. The third-order valence-corrected chi connectivity index (χ3v) is 1.73. The summed E-state index contributed by atoms with van der Waals surface area (Å²) in [6.07, 6.45) is 0. The second kappa shape index (κ2) is 5.70. The first-order chi connectivity index (χ1) is 7.99. The largest absolute Gasteiger partial charge is 0.488 e. The van der Waals surface area contributed by atoms with Crippen molar-refractivity contribution in [3.8, 4) is 11.8 Å². The molecular weight excluding hydrogens is 225 g/mol. The molecule has 0 saturated heterocycles. The van der Waals surface area contributed by atoms with Crippen LogP contribution in [0, 0.1) is 11.8 Å². The van der Waals surface area contributed by atoms with Gasteiger partial charge in [0.2, 0.25) is 0 Å². The van der Waals surface area contributed by atoms with Gasteiger partial charge in [0, 0.05) is 17.5 Å². The molecule has 0 atom stereocenters. The van der Waals surface area contributed by atoms with Crippen LogP contribution in [0.2, 0.25) is 0 Å². The topological polar surface area (TPSA) is 107 Å². The Hall–Kier alpha value is -2.30. The highest BCUT2D eigenvalue weighted by atomic mass is 16.4. The van der Waals surface area contributed by atoms with Crippen molar-refractivity contribution in [3.63, 3.8) is 0 Å². The molecule has 0 aliphatic carbocycles. The molecule has 0 aromatic heterocycles. The summed E-state index contributed by atoms with van der Waals surface area (Å²) >= 11 is 0.